The Balaban J connectivity index is 2.07. The predicted octanol–water partition coefficient (Wildman–Crippen LogP) is 2.56. The molecule has 2 aromatic rings. The average Bonchev–Trinajstić information content (AvgIpc) is 2.43. The summed E-state index contributed by atoms with van der Waals surface area (Å²) in [4.78, 5) is 7.99. The van der Waals surface area contributed by atoms with Crippen molar-refractivity contribution in [1.29, 1.82) is 0 Å². The molecule has 0 fully saturated rings. The van der Waals surface area contributed by atoms with Gasteiger partial charge in [0.2, 0.25) is 0 Å². The number of anilines is 3. The summed E-state index contributed by atoms with van der Waals surface area (Å²) in [7, 11) is 1.60. The zero-order chi connectivity index (χ0) is 14.4. The molecule has 7 heteroatoms. The average molecular weight is 280 g/mol. The zero-order valence-corrected chi connectivity index (χ0v) is 10.9. The first-order valence-corrected chi connectivity index (χ1v) is 5.96. The van der Waals surface area contributed by atoms with Crippen LogP contribution >= 0.6 is 0 Å². The quantitative estimate of drug-likeness (QED) is 0.796. The van der Waals surface area contributed by atoms with Gasteiger partial charge in [-0.05, 0) is 12.1 Å². The van der Waals surface area contributed by atoms with E-state index in [-0.39, 0.29) is 5.69 Å². The van der Waals surface area contributed by atoms with E-state index in [2.05, 4.69) is 20.6 Å². The fraction of sp³-hybridized carbons (Fsp3) is 0.231. The van der Waals surface area contributed by atoms with Crippen LogP contribution in [0, 0.1) is 11.6 Å². The Morgan fingerprint density at radius 1 is 1.15 bits per heavy atom. The van der Waals surface area contributed by atoms with Crippen molar-refractivity contribution in [1.82, 2.24) is 9.97 Å². The van der Waals surface area contributed by atoms with Crippen molar-refractivity contribution in [2.24, 2.45) is 0 Å². The molecule has 0 saturated carbocycles. The number of hydrogen-bond acceptors (Lipinski definition) is 5. The van der Waals surface area contributed by atoms with Crippen LogP contribution in [0.3, 0.4) is 0 Å². The molecule has 2 rings (SSSR count). The Morgan fingerprint density at radius 2 is 1.95 bits per heavy atom. The lowest BCUT2D eigenvalue weighted by atomic mass is 10.3. The maximum absolute atomic E-state index is 13.5. The monoisotopic (exact) mass is 280 g/mol. The molecular formula is C13H14F2N4O. The highest BCUT2D eigenvalue weighted by atomic mass is 19.1. The third kappa shape index (κ3) is 3.86. The number of rotatable bonds is 6. The Labute approximate surface area is 115 Å². The largest absolute Gasteiger partial charge is 0.383 e. The SMILES string of the molecule is COCCNc1cc(Nc2ccc(F)cc2F)ncn1. The lowest BCUT2D eigenvalue weighted by Crippen LogP contribution is -2.09. The van der Waals surface area contributed by atoms with E-state index in [1.54, 1.807) is 13.2 Å². The Morgan fingerprint density at radius 3 is 2.70 bits per heavy atom. The highest BCUT2D eigenvalue weighted by Gasteiger charge is 2.05. The van der Waals surface area contributed by atoms with Gasteiger partial charge in [0, 0.05) is 25.8 Å². The summed E-state index contributed by atoms with van der Waals surface area (Å²) < 4.78 is 31.2. The normalized spacial score (nSPS) is 10.3. The number of methoxy groups -OCH3 is 1. The second kappa shape index (κ2) is 6.76. The van der Waals surface area contributed by atoms with Crippen LogP contribution < -0.4 is 10.6 Å². The zero-order valence-electron chi connectivity index (χ0n) is 10.9. The highest BCUT2D eigenvalue weighted by molar-refractivity contribution is 5.59. The van der Waals surface area contributed by atoms with E-state index in [9.17, 15) is 8.78 Å². The van der Waals surface area contributed by atoms with E-state index in [0.29, 0.717) is 24.8 Å². The molecule has 0 radical (unpaired) electrons. The molecule has 0 amide bonds. The van der Waals surface area contributed by atoms with Crippen molar-refractivity contribution < 1.29 is 13.5 Å². The van der Waals surface area contributed by atoms with Gasteiger partial charge >= 0.3 is 0 Å². The summed E-state index contributed by atoms with van der Waals surface area (Å²) in [6, 6.07) is 4.91. The van der Waals surface area contributed by atoms with Crippen LogP contribution in [0.4, 0.5) is 26.1 Å². The minimum Gasteiger partial charge on any atom is -0.383 e. The molecule has 0 aliphatic heterocycles. The number of nitrogens with one attached hydrogen (secondary N) is 2. The second-order valence-corrected chi connectivity index (χ2v) is 3.96. The minimum absolute atomic E-state index is 0.146. The number of aromatic nitrogens is 2. The molecule has 106 valence electrons. The fourth-order valence-corrected chi connectivity index (χ4v) is 1.53. The first-order chi connectivity index (χ1) is 9.69. The standard InChI is InChI=1S/C13H14F2N4O/c1-20-5-4-16-12-7-13(18-8-17-12)19-11-3-2-9(14)6-10(11)15/h2-3,6-8H,4-5H2,1H3,(H2,16,17,18,19). The third-order valence-electron chi connectivity index (χ3n) is 2.47. The van der Waals surface area contributed by atoms with Gasteiger partial charge in [-0.25, -0.2) is 18.7 Å². The van der Waals surface area contributed by atoms with Crippen LogP contribution in [0.5, 0.6) is 0 Å². The van der Waals surface area contributed by atoms with Crippen molar-refractivity contribution in [3.8, 4) is 0 Å². The van der Waals surface area contributed by atoms with Crippen LogP contribution in [-0.2, 0) is 4.74 Å². The highest BCUT2D eigenvalue weighted by Crippen LogP contribution is 2.20. The van der Waals surface area contributed by atoms with Crippen LogP contribution in [0.25, 0.3) is 0 Å². The molecule has 20 heavy (non-hydrogen) atoms. The lowest BCUT2D eigenvalue weighted by Gasteiger charge is -2.09. The molecule has 1 aromatic carbocycles. The molecule has 0 aliphatic carbocycles. The van der Waals surface area contributed by atoms with Gasteiger partial charge in [-0.3, -0.25) is 0 Å². The number of nitrogens with zero attached hydrogens (tertiary/aromatic N) is 2. The molecule has 0 saturated heterocycles. The molecule has 2 N–H and O–H groups in total. The van der Waals surface area contributed by atoms with Gasteiger partial charge in [0.15, 0.2) is 0 Å². The van der Waals surface area contributed by atoms with Crippen molar-refractivity contribution in [2.45, 2.75) is 0 Å². The number of hydrogen-bond donors (Lipinski definition) is 2. The van der Waals surface area contributed by atoms with E-state index in [0.717, 1.165) is 6.07 Å². The van der Waals surface area contributed by atoms with Crippen LogP contribution in [0.1, 0.15) is 0 Å². The smallest absolute Gasteiger partial charge is 0.149 e. The van der Waals surface area contributed by atoms with Crippen molar-refractivity contribution >= 4 is 17.3 Å². The summed E-state index contributed by atoms with van der Waals surface area (Å²) in [6.07, 6.45) is 1.35. The van der Waals surface area contributed by atoms with Gasteiger partial charge in [-0.2, -0.15) is 0 Å². The first kappa shape index (κ1) is 14.1. The number of halogens is 2. The van der Waals surface area contributed by atoms with Gasteiger partial charge in [0.05, 0.1) is 12.3 Å². The van der Waals surface area contributed by atoms with Crippen molar-refractivity contribution in [3.05, 3.63) is 42.2 Å². The van der Waals surface area contributed by atoms with Gasteiger partial charge in [0.1, 0.15) is 29.6 Å². The Hall–Kier alpha value is -2.28. The van der Waals surface area contributed by atoms with Gasteiger partial charge < -0.3 is 15.4 Å². The molecule has 0 aliphatic rings. The number of ether oxygens (including phenoxy) is 1. The lowest BCUT2D eigenvalue weighted by molar-refractivity contribution is 0.210. The second-order valence-electron chi connectivity index (χ2n) is 3.96. The van der Waals surface area contributed by atoms with E-state index >= 15 is 0 Å². The maximum atomic E-state index is 13.5. The molecule has 0 spiro atoms. The minimum atomic E-state index is -0.683. The van der Waals surface area contributed by atoms with Gasteiger partial charge in [-0.1, -0.05) is 0 Å². The fourth-order valence-electron chi connectivity index (χ4n) is 1.53. The maximum Gasteiger partial charge on any atom is 0.149 e. The molecule has 5 nitrogen and oxygen atoms in total. The van der Waals surface area contributed by atoms with Crippen LogP contribution in [0.2, 0.25) is 0 Å². The van der Waals surface area contributed by atoms with E-state index in [4.69, 9.17) is 4.74 Å². The number of benzene rings is 1. The summed E-state index contributed by atoms with van der Waals surface area (Å²) in [5, 5.41) is 5.79. The molecule has 1 heterocycles. The van der Waals surface area contributed by atoms with E-state index in [1.807, 2.05) is 0 Å². The van der Waals surface area contributed by atoms with Crippen molar-refractivity contribution in [3.63, 3.8) is 0 Å². The van der Waals surface area contributed by atoms with Crippen molar-refractivity contribution in [2.75, 3.05) is 30.9 Å². The molecule has 0 bridgehead atoms. The summed E-state index contributed by atoms with van der Waals surface area (Å²) in [5.74, 6) is -0.317. The van der Waals surface area contributed by atoms with E-state index < -0.39 is 11.6 Å². The Bertz CT molecular complexity index is 580. The Kier molecular flexibility index (Phi) is 4.78. The van der Waals surface area contributed by atoms with Crippen LogP contribution in [0.15, 0.2) is 30.6 Å². The third-order valence-corrected chi connectivity index (χ3v) is 2.47. The van der Waals surface area contributed by atoms with E-state index in [1.165, 1.54) is 18.5 Å². The van der Waals surface area contributed by atoms with Crippen LogP contribution in [-0.4, -0.2) is 30.2 Å². The topological polar surface area (TPSA) is 59.1 Å². The first-order valence-electron chi connectivity index (χ1n) is 5.96. The molecule has 0 atom stereocenters. The molecular weight excluding hydrogens is 266 g/mol. The van der Waals surface area contributed by atoms with Gasteiger partial charge in [-0.15, -0.1) is 0 Å². The summed E-state index contributed by atoms with van der Waals surface area (Å²) in [6.45, 7) is 1.14. The molecule has 1 aromatic heterocycles. The molecule has 0 unspecified atom stereocenters. The summed E-state index contributed by atoms with van der Waals surface area (Å²) >= 11 is 0. The summed E-state index contributed by atoms with van der Waals surface area (Å²) in [5.41, 5.74) is 0.146. The van der Waals surface area contributed by atoms with Gasteiger partial charge in [0.25, 0.3) is 0 Å². The predicted molar refractivity (Wildman–Crippen MR) is 72.0 cm³/mol.